The maximum absolute atomic E-state index is 12.8. The predicted octanol–water partition coefficient (Wildman–Crippen LogP) is 3.60. The first-order chi connectivity index (χ1) is 14.6. The average Bonchev–Trinajstić information content (AvgIpc) is 3.12. The van der Waals surface area contributed by atoms with Gasteiger partial charge in [-0.2, -0.15) is 0 Å². The molecule has 2 heterocycles. The van der Waals surface area contributed by atoms with E-state index in [9.17, 15) is 9.59 Å². The number of hydrogen-bond donors (Lipinski definition) is 1. The van der Waals surface area contributed by atoms with Crippen molar-refractivity contribution in [2.45, 2.75) is 26.4 Å². The summed E-state index contributed by atoms with van der Waals surface area (Å²) in [6, 6.07) is 17.3. The molecule has 4 rings (SSSR count). The molecule has 0 saturated carbocycles. The number of nitrogens with one attached hydrogen (secondary N) is 1. The van der Waals surface area contributed by atoms with Crippen LogP contribution in [-0.2, 0) is 25.7 Å². The van der Waals surface area contributed by atoms with E-state index in [4.69, 9.17) is 14.2 Å². The zero-order chi connectivity index (χ0) is 21.1. The molecule has 2 aliphatic rings. The summed E-state index contributed by atoms with van der Waals surface area (Å²) < 4.78 is 16.5. The van der Waals surface area contributed by atoms with E-state index in [2.05, 4.69) is 5.32 Å². The Hall–Kier alpha value is -3.54. The normalized spacial score (nSPS) is 17.9. The molecule has 0 aliphatic carbocycles. The van der Waals surface area contributed by atoms with Gasteiger partial charge in [0.05, 0.1) is 29.4 Å². The first-order valence-corrected chi connectivity index (χ1v) is 9.90. The van der Waals surface area contributed by atoms with E-state index in [-0.39, 0.29) is 13.2 Å². The van der Waals surface area contributed by atoms with Crippen LogP contribution in [0.1, 0.15) is 30.9 Å². The first-order valence-electron chi connectivity index (χ1n) is 9.90. The molecule has 2 aromatic carbocycles. The Balaban J connectivity index is 1.69. The molecular weight excluding hydrogens is 382 g/mol. The van der Waals surface area contributed by atoms with E-state index < -0.39 is 17.9 Å². The van der Waals surface area contributed by atoms with Gasteiger partial charge in [0.2, 0.25) is 0 Å². The molecule has 1 N–H and O–H groups in total. The van der Waals surface area contributed by atoms with Crippen LogP contribution in [-0.4, -0.2) is 25.2 Å². The number of rotatable bonds is 6. The summed E-state index contributed by atoms with van der Waals surface area (Å²) in [6.45, 7) is 4.40. The van der Waals surface area contributed by atoms with Crippen molar-refractivity contribution in [3.63, 3.8) is 0 Å². The standard InChI is InChI=1S/C24H23NO5/c1-3-28-23(26)20-15(2)25-19-14-30-24(27)22(19)21(20)17-10-7-11-18(12-17)29-13-16-8-5-4-6-9-16/h4-12,21,25H,3,13-14H2,1-2H3. The van der Waals surface area contributed by atoms with Gasteiger partial charge < -0.3 is 19.5 Å². The predicted molar refractivity (Wildman–Crippen MR) is 110 cm³/mol. The highest BCUT2D eigenvalue weighted by molar-refractivity contribution is 6.01. The monoisotopic (exact) mass is 405 g/mol. The number of allylic oxidation sites excluding steroid dienone is 1. The molecule has 0 amide bonds. The van der Waals surface area contributed by atoms with Crippen LogP contribution in [0, 0.1) is 0 Å². The van der Waals surface area contributed by atoms with Crippen molar-refractivity contribution in [2.75, 3.05) is 13.2 Å². The molecule has 0 fully saturated rings. The van der Waals surface area contributed by atoms with Gasteiger partial charge in [-0.1, -0.05) is 42.5 Å². The van der Waals surface area contributed by atoms with E-state index in [0.29, 0.717) is 34.9 Å². The molecule has 2 aromatic rings. The van der Waals surface area contributed by atoms with Crippen LogP contribution < -0.4 is 10.1 Å². The number of esters is 2. The number of dihydropyridines is 1. The second-order valence-corrected chi connectivity index (χ2v) is 7.13. The van der Waals surface area contributed by atoms with Crippen LogP contribution in [0.2, 0.25) is 0 Å². The van der Waals surface area contributed by atoms with E-state index in [0.717, 1.165) is 11.1 Å². The SMILES string of the molecule is CCOC(=O)C1=C(C)NC2=C(C(=O)OC2)C1c1cccc(OCc2ccccc2)c1. The Labute approximate surface area is 175 Å². The second kappa shape index (κ2) is 8.45. The summed E-state index contributed by atoms with van der Waals surface area (Å²) in [7, 11) is 0. The topological polar surface area (TPSA) is 73.9 Å². The second-order valence-electron chi connectivity index (χ2n) is 7.13. The van der Waals surface area contributed by atoms with Gasteiger partial charge >= 0.3 is 11.9 Å². The highest BCUT2D eigenvalue weighted by Gasteiger charge is 2.41. The number of ether oxygens (including phenoxy) is 3. The Bertz CT molecular complexity index is 1040. The van der Waals surface area contributed by atoms with Crippen LogP contribution >= 0.6 is 0 Å². The van der Waals surface area contributed by atoms with Gasteiger partial charge in [0.15, 0.2) is 0 Å². The molecular formula is C24H23NO5. The van der Waals surface area contributed by atoms with Crippen molar-refractivity contribution in [3.05, 3.63) is 88.3 Å². The molecule has 6 nitrogen and oxygen atoms in total. The smallest absolute Gasteiger partial charge is 0.337 e. The van der Waals surface area contributed by atoms with Crippen molar-refractivity contribution in [1.29, 1.82) is 0 Å². The summed E-state index contributed by atoms with van der Waals surface area (Å²) in [4.78, 5) is 25.3. The zero-order valence-corrected chi connectivity index (χ0v) is 16.9. The summed E-state index contributed by atoms with van der Waals surface area (Å²) in [6.07, 6.45) is 0. The summed E-state index contributed by atoms with van der Waals surface area (Å²) in [5, 5.41) is 3.14. The quantitative estimate of drug-likeness (QED) is 0.741. The fourth-order valence-electron chi connectivity index (χ4n) is 3.80. The maximum Gasteiger partial charge on any atom is 0.337 e. The van der Waals surface area contributed by atoms with E-state index in [1.165, 1.54) is 0 Å². The van der Waals surface area contributed by atoms with Crippen molar-refractivity contribution in [3.8, 4) is 5.75 Å². The molecule has 0 bridgehead atoms. The van der Waals surface area contributed by atoms with Crippen molar-refractivity contribution >= 4 is 11.9 Å². The first kappa shape index (κ1) is 19.8. The van der Waals surface area contributed by atoms with Gasteiger partial charge in [0.25, 0.3) is 0 Å². The number of benzene rings is 2. The summed E-state index contributed by atoms with van der Waals surface area (Å²) >= 11 is 0. The largest absolute Gasteiger partial charge is 0.489 e. The number of hydrogen-bond acceptors (Lipinski definition) is 6. The van der Waals surface area contributed by atoms with Crippen molar-refractivity contribution < 1.29 is 23.8 Å². The maximum atomic E-state index is 12.8. The lowest BCUT2D eigenvalue weighted by Crippen LogP contribution is -2.30. The lowest BCUT2D eigenvalue weighted by molar-refractivity contribution is -0.138. The highest BCUT2D eigenvalue weighted by atomic mass is 16.5. The molecule has 0 saturated heterocycles. The Morgan fingerprint density at radius 2 is 1.97 bits per heavy atom. The van der Waals surface area contributed by atoms with E-state index in [1.54, 1.807) is 6.92 Å². The van der Waals surface area contributed by atoms with Gasteiger partial charge in [-0.15, -0.1) is 0 Å². The third-order valence-corrected chi connectivity index (χ3v) is 5.15. The fraction of sp³-hybridized carbons (Fsp3) is 0.250. The lowest BCUT2D eigenvalue weighted by atomic mass is 9.81. The Morgan fingerprint density at radius 1 is 1.17 bits per heavy atom. The van der Waals surface area contributed by atoms with Crippen LogP contribution in [0.4, 0.5) is 0 Å². The van der Waals surface area contributed by atoms with Crippen LogP contribution in [0.25, 0.3) is 0 Å². The van der Waals surface area contributed by atoms with Gasteiger partial charge in [0.1, 0.15) is 19.0 Å². The fourth-order valence-corrected chi connectivity index (χ4v) is 3.80. The molecule has 0 spiro atoms. The molecule has 0 aromatic heterocycles. The van der Waals surface area contributed by atoms with Crippen LogP contribution in [0.5, 0.6) is 5.75 Å². The molecule has 1 unspecified atom stereocenters. The lowest BCUT2D eigenvalue weighted by Gasteiger charge is -2.27. The zero-order valence-electron chi connectivity index (χ0n) is 16.9. The highest BCUT2D eigenvalue weighted by Crippen LogP contribution is 2.42. The van der Waals surface area contributed by atoms with Crippen LogP contribution in [0.3, 0.4) is 0 Å². The molecule has 0 radical (unpaired) electrons. The minimum atomic E-state index is -0.574. The third-order valence-electron chi connectivity index (χ3n) is 5.15. The Kier molecular flexibility index (Phi) is 5.57. The summed E-state index contributed by atoms with van der Waals surface area (Å²) in [5.41, 5.74) is 4.03. The molecule has 154 valence electrons. The Morgan fingerprint density at radius 3 is 2.73 bits per heavy atom. The van der Waals surface area contributed by atoms with E-state index in [1.807, 2.05) is 61.5 Å². The van der Waals surface area contributed by atoms with Gasteiger partial charge in [-0.25, -0.2) is 9.59 Å². The molecule has 1 atom stereocenters. The van der Waals surface area contributed by atoms with Crippen LogP contribution in [0.15, 0.2) is 77.1 Å². The van der Waals surface area contributed by atoms with E-state index >= 15 is 0 Å². The van der Waals surface area contributed by atoms with Gasteiger partial charge in [0, 0.05) is 5.70 Å². The number of carbonyl (C=O) groups is 2. The number of cyclic esters (lactones) is 1. The third kappa shape index (κ3) is 3.81. The summed E-state index contributed by atoms with van der Waals surface area (Å²) in [5.74, 6) is -0.790. The molecule has 30 heavy (non-hydrogen) atoms. The van der Waals surface area contributed by atoms with Crippen molar-refractivity contribution in [1.82, 2.24) is 5.32 Å². The van der Waals surface area contributed by atoms with Crippen molar-refractivity contribution in [2.24, 2.45) is 0 Å². The number of carbonyl (C=O) groups excluding carboxylic acids is 2. The minimum absolute atomic E-state index is 0.169. The molecule has 2 aliphatic heterocycles. The molecule has 6 heteroatoms. The van der Waals surface area contributed by atoms with Gasteiger partial charge in [-0.05, 0) is 37.1 Å². The average molecular weight is 405 g/mol. The minimum Gasteiger partial charge on any atom is -0.489 e. The van der Waals surface area contributed by atoms with Gasteiger partial charge in [-0.3, -0.25) is 0 Å².